The van der Waals surface area contributed by atoms with Gasteiger partial charge in [-0.25, -0.2) is 0 Å². The summed E-state index contributed by atoms with van der Waals surface area (Å²) in [5, 5.41) is 11.9. The van der Waals surface area contributed by atoms with E-state index in [1.165, 1.54) is 0 Å². The molecule has 0 saturated carbocycles. The van der Waals surface area contributed by atoms with E-state index in [9.17, 15) is 0 Å². The van der Waals surface area contributed by atoms with Gasteiger partial charge in [-0.3, -0.25) is 0 Å². The van der Waals surface area contributed by atoms with Crippen LogP contribution in [0.3, 0.4) is 0 Å². The SMILES string of the molecule is CNc1cc(N2CCC(CCO)C2)nc(N)n1. The molecule has 0 spiro atoms. The standard InChI is InChI=1S/C11H19N5O/c1-13-9-6-10(15-11(12)14-9)16-4-2-8(7-16)3-5-17/h6,8,17H,2-5,7H2,1H3,(H3,12,13,14,15). The largest absolute Gasteiger partial charge is 0.396 e. The number of anilines is 3. The molecule has 0 radical (unpaired) electrons. The molecule has 1 unspecified atom stereocenters. The highest BCUT2D eigenvalue weighted by Crippen LogP contribution is 2.25. The van der Waals surface area contributed by atoms with Crippen molar-refractivity contribution in [3.05, 3.63) is 6.07 Å². The maximum absolute atomic E-state index is 8.94. The van der Waals surface area contributed by atoms with Gasteiger partial charge < -0.3 is 21.1 Å². The third kappa shape index (κ3) is 2.76. The summed E-state index contributed by atoms with van der Waals surface area (Å²) in [5.74, 6) is 2.44. The molecule has 1 saturated heterocycles. The summed E-state index contributed by atoms with van der Waals surface area (Å²) in [7, 11) is 1.81. The van der Waals surface area contributed by atoms with Gasteiger partial charge in [0.1, 0.15) is 11.6 Å². The van der Waals surface area contributed by atoms with Crippen LogP contribution >= 0.6 is 0 Å². The zero-order valence-corrected chi connectivity index (χ0v) is 10.1. The molecule has 6 heteroatoms. The highest BCUT2D eigenvalue weighted by molar-refractivity contribution is 5.52. The molecule has 1 fully saturated rings. The van der Waals surface area contributed by atoms with E-state index < -0.39 is 0 Å². The summed E-state index contributed by atoms with van der Waals surface area (Å²) in [6, 6.07) is 1.90. The average molecular weight is 237 g/mol. The minimum Gasteiger partial charge on any atom is -0.396 e. The number of nitrogens with zero attached hydrogens (tertiary/aromatic N) is 3. The predicted octanol–water partition coefficient (Wildman–Crippen LogP) is 0.309. The number of hydrogen-bond donors (Lipinski definition) is 3. The Balaban J connectivity index is 2.10. The second-order valence-electron chi connectivity index (χ2n) is 4.33. The molecule has 6 nitrogen and oxygen atoms in total. The van der Waals surface area contributed by atoms with Gasteiger partial charge in [-0.2, -0.15) is 9.97 Å². The van der Waals surface area contributed by atoms with Gasteiger partial charge in [0.25, 0.3) is 0 Å². The number of nitrogens with two attached hydrogens (primary N) is 1. The molecule has 0 bridgehead atoms. The first-order chi connectivity index (χ1) is 8.22. The lowest BCUT2D eigenvalue weighted by Gasteiger charge is -2.18. The van der Waals surface area contributed by atoms with Gasteiger partial charge in [-0.15, -0.1) is 0 Å². The maximum atomic E-state index is 8.94. The first-order valence-corrected chi connectivity index (χ1v) is 5.91. The fraction of sp³-hybridized carbons (Fsp3) is 0.636. The molecule has 1 aromatic heterocycles. The predicted molar refractivity (Wildman–Crippen MR) is 68.0 cm³/mol. The Morgan fingerprint density at radius 3 is 3.12 bits per heavy atom. The average Bonchev–Trinajstić information content (AvgIpc) is 2.77. The Bertz CT molecular complexity index is 384. The van der Waals surface area contributed by atoms with E-state index in [1.807, 2.05) is 13.1 Å². The summed E-state index contributed by atoms with van der Waals surface area (Å²) < 4.78 is 0. The van der Waals surface area contributed by atoms with Crippen LogP contribution in [0.4, 0.5) is 17.6 Å². The van der Waals surface area contributed by atoms with Crippen LogP contribution in [-0.2, 0) is 0 Å². The normalized spacial score (nSPS) is 19.6. The molecule has 1 atom stereocenters. The summed E-state index contributed by atoms with van der Waals surface area (Å²) in [5.41, 5.74) is 5.67. The van der Waals surface area contributed by atoms with E-state index in [1.54, 1.807) is 0 Å². The Labute approximate surface area is 101 Å². The lowest BCUT2D eigenvalue weighted by atomic mass is 10.1. The van der Waals surface area contributed by atoms with Crippen LogP contribution in [-0.4, -0.2) is 41.8 Å². The topological polar surface area (TPSA) is 87.3 Å². The third-order valence-corrected chi connectivity index (χ3v) is 3.13. The monoisotopic (exact) mass is 237 g/mol. The van der Waals surface area contributed by atoms with Gasteiger partial charge in [-0.1, -0.05) is 0 Å². The molecule has 2 rings (SSSR count). The van der Waals surface area contributed by atoms with E-state index in [2.05, 4.69) is 20.2 Å². The van der Waals surface area contributed by atoms with E-state index in [-0.39, 0.29) is 12.6 Å². The zero-order chi connectivity index (χ0) is 12.3. The smallest absolute Gasteiger partial charge is 0.223 e. The summed E-state index contributed by atoms with van der Waals surface area (Å²) in [6.07, 6.45) is 1.95. The van der Waals surface area contributed by atoms with E-state index >= 15 is 0 Å². The van der Waals surface area contributed by atoms with Crippen molar-refractivity contribution < 1.29 is 5.11 Å². The summed E-state index contributed by atoms with van der Waals surface area (Å²) in [6.45, 7) is 2.15. The first kappa shape index (κ1) is 11.9. The number of aliphatic hydroxyl groups is 1. The van der Waals surface area contributed by atoms with Crippen molar-refractivity contribution in [2.75, 3.05) is 42.7 Å². The van der Waals surface area contributed by atoms with Crippen LogP contribution in [0, 0.1) is 5.92 Å². The van der Waals surface area contributed by atoms with Crippen molar-refractivity contribution in [1.82, 2.24) is 9.97 Å². The maximum Gasteiger partial charge on any atom is 0.223 e. The van der Waals surface area contributed by atoms with Crippen molar-refractivity contribution >= 4 is 17.6 Å². The molecule has 2 heterocycles. The summed E-state index contributed by atoms with van der Waals surface area (Å²) >= 11 is 0. The molecular weight excluding hydrogens is 218 g/mol. The second kappa shape index (κ2) is 5.18. The van der Waals surface area contributed by atoms with Crippen molar-refractivity contribution in [2.24, 2.45) is 5.92 Å². The fourth-order valence-electron chi connectivity index (χ4n) is 2.20. The Hall–Kier alpha value is -1.56. The first-order valence-electron chi connectivity index (χ1n) is 5.91. The lowest BCUT2D eigenvalue weighted by molar-refractivity contribution is 0.263. The van der Waals surface area contributed by atoms with Gasteiger partial charge in [0.05, 0.1) is 0 Å². The third-order valence-electron chi connectivity index (χ3n) is 3.13. The van der Waals surface area contributed by atoms with Crippen molar-refractivity contribution in [2.45, 2.75) is 12.8 Å². The Kier molecular flexibility index (Phi) is 3.63. The van der Waals surface area contributed by atoms with Crippen LogP contribution in [0.25, 0.3) is 0 Å². The van der Waals surface area contributed by atoms with E-state index in [4.69, 9.17) is 10.8 Å². The number of aliphatic hydroxyl groups excluding tert-OH is 1. The molecule has 0 amide bonds. The van der Waals surface area contributed by atoms with Gasteiger partial charge in [0, 0.05) is 32.8 Å². The van der Waals surface area contributed by atoms with Gasteiger partial charge in [0.2, 0.25) is 5.95 Å². The van der Waals surface area contributed by atoms with E-state index in [0.29, 0.717) is 5.92 Å². The van der Waals surface area contributed by atoms with Gasteiger partial charge in [-0.05, 0) is 18.8 Å². The summed E-state index contributed by atoms with van der Waals surface area (Å²) in [4.78, 5) is 10.5. The molecule has 0 aliphatic carbocycles. The molecule has 94 valence electrons. The lowest BCUT2D eigenvalue weighted by Crippen LogP contribution is -2.22. The minimum absolute atomic E-state index is 0.256. The molecular formula is C11H19N5O. The Morgan fingerprint density at radius 2 is 2.41 bits per heavy atom. The number of hydrogen-bond acceptors (Lipinski definition) is 6. The molecule has 0 aromatic carbocycles. The number of aromatic nitrogens is 2. The minimum atomic E-state index is 0.256. The van der Waals surface area contributed by atoms with Crippen LogP contribution in [0.5, 0.6) is 0 Å². The number of nitrogens with one attached hydrogen (secondary N) is 1. The molecule has 1 aliphatic heterocycles. The highest BCUT2D eigenvalue weighted by Gasteiger charge is 2.23. The van der Waals surface area contributed by atoms with Crippen LogP contribution in [0.15, 0.2) is 6.07 Å². The number of nitrogen functional groups attached to an aromatic ring is 1. The quantitative estimate of drug-likeness (QED) is 0.698. The second-order valence-corrected chi connectivity index (χ2v) is 4.33. The highest BCUT2D eigenvalue weighted by atomic mass is 16.3. The van der Waals surface area contributed by atoms with Crippen LogP contribution < -0.4 is 16.0 Å². The van der Waals surface area contributed by atoms with Gasteiger partial charge in [0.15, 0.2) is 0 Å². The Morgan fingerprint density at radius 1 is 1.59 bits per heavy atom. The van der Waals surface area contributed by atoms with Crippen LogP contribution in [0.1, 0.15) is 12.8 Å². The van der Waals surface area contributed by atoms with E-state index in [0.717, 1.165) is 37.6 Å². The molecule has 4 N–H and O–H groups in total. The number of rotatable bonds is 4. The van der Waals surface area contributed by atoms with Crippen molar-refractivity contribution in [3.8, 4) is 0 Å². The zero-order valence-electron chi connectivity index (χ0n) is 10.1. The van der Waals surface area contributed by atoms with Crippen molar-refractivity contribution in [3.63, 3.8) is 0 Å². The van der Waals surface area contributed by atoms with Crippen molar-refractivity contribution in [1.29, 1.82) is 0 Å². The molecule has 1 aromatic rings. The van der Waals surface area contributed by atoms with Gasteiger partial charge >= 0.3 is 0 Å². The van der Waals surface area contributed by atoms with Crippen LogP contribution in [0.2, 0.25) is 0 Å². The fourth-order valence-corrected chi connectivity index (χ4v) is 2.20. The molecule has 17 heavy (non-hydrogen) atoms. The molecule has 1 aliphatic rings.